The van der Waals surface area contributed by atoms with Gasteiger partial charge in [0.05, 0.1) is 18.9 Å². The third-order valence-electron chi connectivity index (χ3n) is 2.21. The zero-order chi connectivity index (χ0) is 10.5. The van der Waals surface area contributed by atoms with E-state index in [0.717, 1.165) is 24.7 Å². The van der Waals surface area contributed by atoms with E-state index in [-0.39, 0.29) is 23.1 Å². The molecule has 0 spiro atoms. The maximum absolute atomic E-state index is 9.19. The maximum Gasteiger partial charge on any atom is 0.191 e. The van der Waals surface area contributed by atoms with E-state index in [0.29, 0.717) is 13.1 Å². The molecule has 1 unspecified atom stereocenters. The molecule has 1 atom stereocenters. The first-order chi connectivity index (χ1) is 7.34. The molecule has 6 heteroatoms. The van der Waals surface area contributed by atoms with Crippen LogP contribution >= 0.6 is 17.0 Å². The number of rotatable bonds is 3. The average Bonchev–Trinajstić information content (AvgIpc) is 2.74. The van der Waals surface area contributed by atoms with Crippen molar-refractivity contribution in [1.29, 1.82) is 0 Å². The average molecular weight is 290 g/mol. The number of halogens is 1. The minimum absolute atomic E-state index is 0. The monoisotopic (exact) mass is 289 g/mol. The van der Waals surface area contributed by atoms with Crippen LogP contribution in [0.25, 0.3) is 0 Å². The van der Waals surface area contributed by atoms with Crippen molar-refractivity contribution >= 4 is 22.9 Å². The molecule has 0 bridgehead atoms. The Morgan fingerprint density at radius 3 is 3.12 bits per heavy atom. The fourth-order valence-electron chi connectivity index (χ4n) is 1.41. The summed E-state index contributed by atoms with van der Waals surface area (Å²) >= 11 is 0. The number of nitrogens with one attached hydrogen (secondary N) is 2. The number of aliphatic hydroxyl groups excluding tert-OH is 1. The number of hydrogen-bond donors (Lipinski definition) is 3. The lowest BCUT2D eigenvalue weighted by Gasteiger charge is -2.19. The second-order valence-electron chi connectivity index (χ2n) is 3.48. The fourth-order valence-corrected chi connectivity index (χ4v) is 1.41. The highest BCUT2D eigenvalue weighted by atomic mass is 79.9. The zero-order valence-corrected chi connectivity index (χ0v) is 10.6. The molecule has 1 aliphatic heterocycles. The Balaban J connectivity index is 0.00000128. The van der Waals surface area contributed by atoms with Gasteiger partial charge in [0.2, 0.25) is 0 Å². The van der Waals surface area contributed by atoms with E-state index in [2.05, 4.69) is 15.6 Å². The van der Waals surface area contributed by atoms with Gasteiger partial charge in [-0.15, -0.1) is 17.0 Å². The first-order valence-electron chi connectivity index (χ1n) is 5.07. The van der Waals surface area contributed by atoms with Gasteiger partial charge in [-0.1, -0.05) is 0 Å². The quantitative estimate of drug-likeness (QED) is 0.749. The van der Waals surface area contributed by atoms with E-state index in [9.17, 15) is 5.11 Å². The number of nitrogens with zero attached hydrogens (tertiary/aromatic N) is 1. The van der Waals surface area contributed by atoms with Gasteiger partial charge < -0.3 is 20.2 Å². The Hall–Kier alpha value is -1.01. The van der Waals surface area contributed by atoms with Crippen molar-refractivity contribution in [3.63, 3.8) is 0 Å². The van der Waals surface area contributed by atoms with Crippen LogP contribution in [-0.2, 0) is 6.42 Å². The molecule has 0 saturated heterocycles. The summed E-state index contributed by atoms with van der Waals surface area (Å²) in [5.74, 6) is 1.71. The Kier molecular flexibility index (Phi) is 5.34. The van der Waals surface area contributed by atoms with Crippen LogP contribution in [0.1, 0.15) is 5.76 Å². The van der Waals surface area contributed by atoms with Gasteiger partial charge in [0.15, 0.2) is 5.96 Å². The Morgan fingerprint density at radius 2 is 2.50 bits per heavy atom. The standard InChI is InChI=1S/C10H15N3O2.BrH/c14-8-6-12-10(13-7-8)11-4-3-9-2-1-5-15-9;/h1-2,5,8,14H,3-4,6-7H2,(H2,11,12,13);1H. The van der Waals surface area contributed by atoms with E-state index in [1.54, 1.807) is 6.26 Å². The highest BCUT2D eigenvalue weighted by molar-refractivity contribution is 8.93. The molecular formula is C10H16BrN3O2. The molecule has 0 radical (unpaired) electrons. The summed E-state index contributed by atoms with van der Waals surface area (Å²) in [6.45, 7) is 1.80. The van der Waals surface area contributed by atoms with Crippen molar-refractivity contribution in [2.24, 2.45) is 4.99 Å². The van der Waals surface area contributed by atoms with Gasteiger partial charge in [0, 0.05) is 19.5 Å². The molecule has 0 fully saturated rings. The molecule has 90 valence electrons. The Morgan fingerprint density at radius 1 is 1.62 bits per heavy atom. The van der Waals surface area contributed by atoms with Crippen LogP contribution in [0.3, 0.4) is 0 Å². The Labute approximate surface area is 105 Å². The minimum atomic E-state index is -0.361. The lowest BCUT2D eigenvalue weighted by Crippen LogP contribution is -2.46. The predicted octanol–water partition coefficient (Wildman–Crippen LogP) is 0.310. The van der Waals surface area contributed by atoms with Gasteiger partial charge in [-0.2, -0.15) is 0 Å². The molecule has 1 aliphatic rings. The van der Waals surface area contributed by atoms with Gasteiger partial charge >= 0.3 is 0 Å². The molecule has 0 saturated carbocycles. The second-order valence-corrected chi connectivity index (χ2v) is 3.48. The van der Waals surface area contributed by atoms with E-state index in [1.165, 1.54) is 0 Å². The first kappa shape index (κ1) is 13.1. The maximum atomic E-state index is 9.19. The summed E-state index contributed by atoms with van der Waals surface area (Å²) in [4.78, 5) is 4.14. The number of aliphatic imine (C=N–C) groups is 1. The van der Waals surface area contributed by atoms with Crippen LogP contribution in [0.4, 0.5) is 0 Å². The summed E-state index contributed by atoms with van der Waals surface area (Å²) in [5, 5.41) is 15.3. The molecule has 5 nitrogen and oxygen atoms in total. The first-order valence-corrected chi connectivity index (χ1v) is 5.07. The molecule has 2 rings (SSSR count). The van der Waals surface area contributed by atoms with Crippen LogP contribution in [0, 0.1) is 0 Å². The molecular weight excluding hydrogens is 274 g/mol. The summed E-state index contributed by atoms with van der Waals surface area (Å²) in [6, 6.07) is 3.82. The number of guanidine groups is 1. The molecule has 3 N–H and O–H groups in total. The molecule has 16 heavy (non-hydrogen) atoms. The molecule has 0 aromatic carbocycles. The van der Waals surface area contributed by atoms with Gasteiger partial charge in [-0.25, -0.2) is 0 Å². The van der Waals surface area contributed by atoms with Gasteiger partial charge in [0.1, 0.15) is 5.76 Å². The van der Waals surface area contributed by atoms with Crippen LogP contribution in [-0.4, -0.2) is 36.8 Å². The topological polar surface area (TPSA) is 69.8 Å². The van der Waals surface area contributed by atoms with E-state index in [1.807, 2.05) is 12.1 Å². The largest absolute Gasteiger partial charge is 0.469 e. The van der Waals surface area contributed by atoms with E-state index < -0.39 is 0 Å². The van der Waals surface area contributed by atoms with Crippen LogP contribution in [0.15, 0.2) is 27.8 Å². The number of aliphatic hydroxyl groups is 1. The summed E-state index contributed by atoms with van der Waals surface area (Å²) in [7, 11) is 0. The molecule has 2 heterocycles. The lowest BCUT2D eigenvalue weighted by molar-refractivity contribution is 0.180. The molecule has 1 aromatic rings. The normalized spacial score (nSPS) is 19.3. The second kappa shape index (κ2) is 6.55. The molecule has 0 aliphatic carbocycles. The summed E-state index contributed by atoms with van der Waals surface area (Å²) < 4.78 is 5.20. The van der Waals surface area contributed by atoms with Crippen molar-refractivity contribution in [3.8, 4) is 0 Å². The van der Waals surface area contributed by atoms with Gasteiger partial charge in [0.25, 0.3) is 0 Å². The number of β-amino-alcohol motifs (C(OH)–C–C–N with tert-alkyl or cyclic N) is 1. The summed E-state index contributed by atoms with van der Waals surface area (Å²) in [6.07, 6.45) is 2.14. The molecule has 1 aromatic heterocycles. The van der Waals surface area contributed by atoms with Crippen molar-refractivity contribution < 1.29 is 9.52 Å². The zero-order valence-electron chi connectivity index (χ0n) is 8.85. The van der Waals surface area contributed by atoms with Crippen molar-refractivity contribution in [3.05, 3.63) is 24.2 Å². The Bertz CT molecular complexity index is 327. The number of hydrogen-bond acceptors (Lipinski definition) is 5. The molecule has 0 amide bonds. The van der Waals surface area contributed by atoms with Gasteiger partial charge in [-0.05, 0) is 12.1 Å². The predicted molar refractivity (Wildman–Crippen MR) is 67.0 cm³/mol. The summed E-state index contributed by atoms with van der Waals surface area (Å²) in [5.41, 5.74) is 0. The van der Waals surface area contributed by atoms with Crippen LogP contribution < -0.4 is 10.6 Å². The third kappa shape index (κ3) is 3.86. The lowest BCUT2D eigenvalue weighted by atomic mass is 10.3. The minimum Gasteiger partial charge on any atom is -0.469 e. The SMILES string of the molecule is Br.OC1CN=C(NCCc2ccco2)NC1. The van der Waals surface area contributed by atoms with E-state index in [4.69, 9.17) is 4.42 Å². The van der Waals surface area contributed by atoms with E-state index >= 15 is 0 Å². The van der Waals surface area contributed by atoms with Crippen molar-refractivity contribution in [2.45, 2.75) is 12.5 Å². The van der Waals surface area contributed by atoms with Crippen LogP contribution in [0.5, 0.6) is 0 Å². The third-order valence-corrected chi connectivity index (χ3v) is 2.21. The highest BCUT2D eigenvalue weighted by Gasteiger charge is 2.10. The highest BCUT2D eigenvalue weighted by Crippen LogP contribution is 1.99. The fraction of sp³-hybridized carbons (Fsp3) is 0.500. The smallest absolute Gasteiger partial charge is 0.191 e. The van der Waals surface area contributed by atoms with Crippen molar-refractivity contribution in [2.75, 3.05) is 19.6 Å². The van der Waals surface area contributed by atoms with Crippen molar-refractivity contribution in [1.82, 2.24) is 10.6 Å². The van der Waals surface area contributed by atoms with Crippen LogP contribution in [0.2, 0.25) is 0 Å². The number of furan rings is 1. The van der Waals surface area contributed by atoms with Gasteiger partial charge in [-0.3, -0.25) is 4.99 Å².